The molecule has 0 saturated heterocycles. The van der Waals surface area contributed by atoms with Gasteiger partial charge in [0.2, 0.25) is 5.91 Å². The van der Waals surface area contributed by atoms with E-state index in [0.29, 0.717) is 0 Å². The molecule has 3 N–H and O–H groups in total. The van der Waals surface area contributed by atoms with Gasteiger partial charge >= 0.3 is 0 Å². The van der Waals surface area contributed by atoms with Crippen molar-refractivity contribution in [3.05, 3.63) is 71.8 Å². The molecule has 0 saturated carbocycles. The SMILES string of the molecule is CC(NC(C)(Cc1ccccc1)c1ccccc1)C(N)=O. The maximum atomic E-state index is 11.4. The molecule has 0 bridgehead atoms. The lowest BCUT2D eigenvalue weighted by Gasteiger charge is -2.34. The number of nitrogens with two attached hydrogens (primary N) is 1. The number of hydrogen-bond acceptors (Lipinski definition) is 2. The number of primary amides is 1. The maximum Gasteiger partial charge on any atom is 0.234 e. The van der Waals surface area contributed by atoms with E-state index in [1.165, 1.54) is 5.56 Å². The van der Waals surface area contributed by atoms with Crippen LogP contribution in [0.4, 0.5) is 0 Å². The zero-order valence-corrected chi connectivity index (χ0v) is 12.5. The normalized spacial score (nSPS) is 15.1. The van der Waals surface area contributed by atoms with Crippen molar-refractivity contribution in [2.24, 2.45) is 5.73 Å². The summed E-state index contributed by atoms with van der Waals surface area (Å²) >= 11 is 0. The Balaban J connectivity index is 2.32. The summed E-state index contributed by atoms with van der Waals surface area (Å²) in [6, 6.07) is 20.0. The second-order valence-corrected chi connectivity index (χ2v) is 5.63. The summed E-state index contributed by atoms with van der Waals surface area (Å²) in [5.74, 6) is -0.342. The molecule has 3 heteroatoms. The Morgan fingerprint density at radius 2 is 1.62 bits per heavy atom. The number of nitrogens with one attached hydrogen (secondary N) is 1. The van der Waals surface area contributed by atoms with E-state index in [9.17, 15) is 4.79 Å². The third kappa shape index (κ3) is 3.92. The molecule has 21 heavy (non-hydrogen) atoms. The predicted octanol–water partition coefficient (Wildman–Crippen LogP) is 2.61. The smallest absolute Gasteiger partial charge is 0.234 e. The van der Waals surface area contributed by atoms with Gasteiger partial charge < -0.3 is 5.73 Å². The summed E-state index contributed by atoms with van der Waals surface area (Å²) in [6.45, 7) is 3.91. The van der Waals surface area contributed by atoms with Crippen LogP contribution in [0.1, 0.15) is 25.0 Å². The van der Waals surface area contributed by atoms with Crippen LogP contribution in [0.25, 0.3) is 0 Å². The van der Waals surface area contributed by atoms with Crippen molar-refractivity contribution in [3.63, 3.8) is 0 Å². The van der Waals surface area contributed by atoms with Gasteiger partial charge in [0.15, 0.2) is 0 Å². The number of amides is 1. The average Bonchev–Trinajstić information content (AvgIpc) is 2.49. The molecule has 2 rings (SSSR count). The first kappa shape index (κ1) is 15.3. The van der Waals surface area contributed by atoms with Crippen molar-refractivity contribution < 1.29 is 4.79 Å². The van der Waals surface area contributed by atoms with Crippen LogP contribution in [-0.4, -0.2) is 11.9 Å². The van der Waals surface area contributed by atoms with Crippen molar-refractivity contribution in [2.75, 3.05) is 0 Å². The van der Waals surface area contributed by atoms with Gasteiger partial charge in [-0.15, -0.1) is 0 Å². The average molecular weight is 282 g/mol. The van der Waals surface area contributed by atoms with E-state index in [0.717, 1.165) is 12.0 Å². The first-order valence-electron chi connectivity index (χ1n) is 7.18. The zero-order valence-electron chi connectivity index (χ0n) is 12.5. The van der Waals surface area contributed by atoms with Crippen LogP contribution < -0.4 is 11.1 Å². The van der Waals surface area contributed by atoms with E-state index < -0.39 is 0 Å². The van der Waals surface area contributed by atoms with Crippen molar-refractivity contribution in [1.29, 1.82) is 0 Å². The van der Waals surface area contributed by atoms with Gasteiger partial charge in [0.1, 0.15) is 0 Å². The molecule has 0 fully saturated rings. The number of hydrogen-bond donors (Lipinski definition) is 2. The fraction of sp³-hybridized carbons (Fsp3) is 0.278. The molecule has 2 aromatic carbocycles. The van der Waals surface area contributed by atoms with Gasteiger partial charge in [-0.2, -0.15) is 0 Å². The topological polar surface area (TPSA) is 55.1 Å². The molecule has 0 spiro atoms. The molecule has 3 nitrogen and oxygen atoms in total. The van der Waals surface area contributed by atoms with Gasteiger partial charge in [-0.3, -0.25) is 10.1 Å². The van der Waals surface area contributed by atoms with Crippen LogP contribution in [0.15, 0.2) is 60.7 Å². The minimum absolute atomic E-state index is 0.342. The van der Waals surface area contributed by atoms with E-state index in [-0.39, 0.29) is 17.5 Å². The standard InChI is InChI=1S/C18H22N2O/c1-14(17(19)21)20-18(2,16-11-7-4-8-12-16)13-15-9-5-3-6-10-15/h3-12,14,20H,13H2,1-2H3,(H2,19,21). The van der Waals surface area contributed by atoms with Gasteiger partial charge in [0.05, 0.1) is 6.04 Å². The lowest BCUT2D eigenvalue weighted by molar-refractivity contribution is -0.120. The molecule has 2 atom stereocenters. The first-order valence-corrected chi connectivity index (χ1v) is 7.18. The van der Waals surface area contributed by atoms with Crippen LogP contribution in [0, 0.1) is 0 Å². The second-order valence-electron chi connectivity index (χ2n) is 5.63. The molecule has 110 valence electrons. The van der Waals surface area contributed by atoms with Gasteiger partial charge in [-0.05, 0) is 31.4 Å². The zero-order chi connectivity index (χ0) is 15.3. The fourth-order valence-electron chi connectivity index (χ4n) is 2.60. The Morgan fingerprint density at radius 3 is 2.14 bits per heavy atom. The third-order valence-corrected chi connectivity index (χ3v) is 3.77. The number of benzene rings is 2. The Kier molecular flexibility index (Phi) is 4.76. The highest BCUT2D eigenvalue weighted by Crippen LogP contribution is 2.26. The largest absolute Gasteiger partial charge is 0.368 e. The lowest BCUT2D eigenvalue weighted by atomic mass is 9.85. The number of rotatable bonds is 6. The minimum Gasteiger partial charge on any atom is -0.368 e. The lowest BCUT2D eigenvalue weighted by Crippen LogP contribution is -2.51. The van der Waals surface area contributed by atoms with Crippen molar-refractivity contribution in [2.45, 2.75) is 31.8 Å². The molecule has 0 aliphatic heterocycles. The van der Waals surface area contributed by atoms with Crippen LogP contribution in [-0.2, 0) is 16.8 Å². The van der Waals surface area contributed by atoms with Crippen molar-refractivity contribution in [1.82, 2.24) is 5.32 Å². The van der Waals surface area contributed by atoms with E-state index >= 15 is 0 Å². The molecule has 0 radical (unpaired) electrons. The van der Waals surface area contributed by atoms with Crippen LogP contribution in [0.2, 0.25) is 0 Å². The van der Waals surface area contributed by atoms with E-state index in [1.807, 2.05) is 36.4 Å². The predicted molar refractivity (Wildman–Crippen MR) is 85.7 cm³/mol. The monoisotopic (exact) mass is 282 g/mol. The summed E-state index contributed by atoms with van der Waals surface area (Å²) < 4.78 is 0. The molecular weight excluding hydrogens is 260 g/mol. The van der Waals surface area contributed by atoms with E-state index in [2.05, 4.69) is 36.5 Å². The molecule has 2 unspecified atom stereocenters. The van der Waals surface area contributed by atoms with Gasteiger partial charge in [0.25, 0.3) is 0 Å². The van der Waals surface area contributed by atoms with Crippen LogP contribution in [0.5, 0.6) is 0 Å². The van der Waals surface area contributed by atoms with Crippen LogP contribution in [0.3, 0.4) is 0 Å². The Labute approximate surface area is 126 Å². The summed E-state index contributed by atoms with van der Waals surface area (Å²) in [6.07, 6.45) is 0.787. The van der Waals surface area contributed by atoms with Crippen molar-refractivity contribution >= 4 is 5.91 Å². The Morgan fingerprint density at radius 1 is 1.10 bits per heavy atom. The highest BCUT2D eigenvalue weighted by atomic mass is 16.1. The first-order chi connectivity index (χ1) is 10.0. The molecule has 0 aromatic heterocycles. The second kappa shape index (κ2) is 6.55. The molecule has 1 amide bonds. The number of carbonyl (C=O) groups is 1. The van der Waals surface area contributed by atoms with E-state index in [4.69, 9.17) is 5.73 Å². The fourth-order valence-corrected chi connectivity index (χ4v) is 2.60. The summed E-state index contributed by atoms with van der Waals surface area (Å²) in [4.78, 5) is 11.4. The third-order valence-electron chi connectivity index (χ3n) is 3.77. The summed E-state index contributed by atoms with van der Waals surface area (Å²) in [5, 5.41) is 3.38. The van der Waals surface area contributed by atoms with Crippen LogP contribution >= 0.6 is 0 Å². The van der Waals surface area contributed by atoms with Gasteiger partial charge in [-0.25, -0.2) is 0 Å². The maximum absolute atomic E-state index is 11.4. The number of carbonyl (C=O) groups excluding carboxylic acids is 1. The molecule has 0 aliphatic rings. The quantitative estimate of drug-likeness (QED) is 0.855. The molecular formula is C18H22N2O. The van der Waals surface area contributed by atoms with Gasteiger partial charge in [0, 0.05) is 5.54 Å². The molecule has 2 aromatic rings. The van der Waals surface area contributed by atoms with E-state index in [1.54, 1.807) is 6.92 Å². The van der Waals surface area contributed by atoms with Crippen molar-refractivity contribution in [3.8, 4) is 0 Å². The summed E-state index contributed by atoms with van der Waals surface area (Å²) in [5.41, 5.74) is 7.42. The highest BCUT2D eigenvalue weighted by molar-refractivity contribution is 5.79. The Bertz CT molecular complexity index is 583. The van der Waals surface area contributed by atoms with Gasteiger partial charge in [-0.1, -0.05) is 60.7 Å². The Hall–Kier alpha value is -2.13. The molecule has 0 aliphatic carbocycles. The molecule has 0 heterocycles. The highest BCUT2D eigenvalue weighted by Gasteiger charge is 2.29. The minimum atomic E-state index is -0.390. The summed E-state index contributed by atoms with van der Waals surface area (Å²) in [7, 11) is 0.